The SMILES string of the molecule is O=C(CCNC(=O)OCC(F)(F)F)NCc1ccc(-n2cccn2)cc1. The Kier molecular flexibility index (Phi) is 6.59. The van der Waals surface area contributed by atoms with E-state index in [1.165, 1.54) is 0 Å². The van der Waals surface area contributed by atoms with Crippen molar-refractivity contribution in [2.45, 2.75) is 19.1 Å². The van der Waals surface area contributed by atoms with Crippen LogP contribution in [0.1, 0.15) is 12.0 Å². The maximum absolute atomic E-state index is 11.9. The van der Waals surface area contributed by atoms with Crippen molar-refractivity contribution in [2.75, 3.05) is 13.2 Å². The molecule has 2 aromatic rings. The van der Waals surface area contributed by atoms with Crippen LogP contribution in [0.5, 0.6) is 0 Å². The van der Waals surface area contributed by atoms with Gasteiger partial charge >= 0.3 is 12.3 Å². The summed E-state index contributed by atoms with van der Waals surface area (Å²) in [4.78, 5) is 22.7. The second kappa shape index (κ2) is 8.88. The number of benzene rings is 1. The number of ether oxygens (including phenoxy) is 1. The molecule has 26 heavy (non-hydrogen) atoms. The second-order valence-electron chi connectivity index (χ2n) is 5.26. The van der Waals surface area contributed by atoms with Gasteiger partial charge in [0.1, 0.15) is 0 Å². The molecular formula is C16H17F3N4O3. The Morgan fingerprint density at radius 2 is 1.88 bits per heavy atom. The third-order valence-corrected chi connectivity index (χ3v) is 3.18. The molecular weight excluding hydrogens is 353 g/mol. The van der Waals surface area contributed by atoms with E-state index in [0.717, 1.165) is 11.3 Å². The first-order valence-electron chi connectivity index (χ1n) is 7.66. The van der Waals surface area contributed by atoms with Crippen molar-refractivity contribution in [3.8, 4) is 5.69 Å². The van der Waals surface area contributed by atoms with Gasteiger partial charge < -0.3 is 15.4 Å². The first-order valence-corrected chi connectivity index (χ1v) is 7.66. The van der Waals surface area contributed by atoms with Crippen LogP contribution in [0.2, 0.25) is 0 Å². The molecule has 0 atom stereocenters. The van der Waals surface area contributed by atoms with Gasteiger partial charge in [0.15, 0.2) is 6.61 Å². The van der Waals surface area contributed by atoms with Crippen LogP contribution in [0.15, 0.2) is 42.7 Å². The van der Waals surface area contributed by atoms with E-state index in [4.69, 9.17) is 0 Å². The number of alkyl carbamates (subject to hydrolysis) is 1. The number of alkyl halides is 3. The fourth-order valence-electron chi connectivity index (χ4n) is 1.95. The van der Waals surface area contributed by atoms with Gasteiger partial charge in [0.25, 0.3) is 0 Å². The molecule has 0 saturated heterocycles. The molecule has 0 spiro atoms. The van der Waals surface area contributed by atoms with E-state index in [2.05, 4.69) is 20.5 Å². The Hall–Kier alpha value is -3.04. The lowest BCUT2D eigenvalue weighted by Gasteiger charge is -2.09. The van der Waals surface area contributed by atoms with Gasteiger partial charge in [-0.25, -0.2) is 9.48 Å². The molecule has 0 aliphatic carbocycles. The van der Waals surface area contributed by atoms with Crippen molar-refractivity contribution in [3.05, 3.63) is 48.3 Å². The lowest BCUT2D eigenvalue weighted by atomic mass is 10.2. The van der Waals surface area contributed by atoms with Gasteiger partial charge in [0.2, 0.25) is 5.91 Å². The maximum atomic E-state index is 11.9. The van der Waals surface area contributed by atoms with Gasteiger partial charge in [-0.1, -0.05) is 12.1 Å². The number of amides is 2. The number of hydrogen-bond donors (Lipinski definition) is 2. The summed E-state index contributed by atoms with van der Waals surface area (Å²) < 4.78 is 41.2. The number of carbonyl (C=O) groups excluding carboxylic acids is 2. The normalized spacial score (nSPS) is 11.0. The number of rotatable bonds is 7. The Labute approximate surface area is 147 Å². The van der Waals surface area contributed by atoms with Crippen molar-refractivity contribution < 1.29 is 27.5 Å². The molecule has 1 aromatic heterocycles. The minimum atomic E-state index is -4.58. The highest BCUT2D eigenvalue weighted by Crippen LogP contribution is 2.14. The first-order chi connectivity index (χ1) is 12.3. The molecule has 7 nitrogen and oxygen atoms in total. The van der Waals surface area contributed by atoms with Crippen molar-refractivity contribution in [3.63, 3.8) is 0 Å². The van der Waals surface area contributed by atoms with E-state index >= 15 is 0 Å². The molecule has 0 radical (unpaired) electrons. The monoisotopic (exact) mass is 370 g/mol. The standard InChI is InChI=1S/C16H17F3N4O3/c17-16(18,19)11-26-15(25)20-8-6-14(24)21-10-12-2-4-13(5-3-12)23-9-1-7-22-23/h1-5,7,9H,6,8,10-11H2,(H,20,25)(H,21,24). The van der Waals surface area contributed by atoms with E-state index in [9.17, 15) is 22.8 Å². The van der Waals surface area contributed by atoms with Crippen LogP contribution in [0.25, 0.3) is 5.69 Å². The Balaban J connectivity index is 1.65. The first kappa shape index (κ1) is 19.3. The van der Waals surface area contributed by atoms with Crippen LogP contribution in [0.3, 0.4) is 0 Å². The van der Waals surface area contributed by atoms with Gasteiger partial charge in [-0.3, -0.25) is 4.79 Å². The van der Waals surface area contributed by atoms with Crippen LogP contribution in [-0.4, -0.2) is 41.1 Å². The molecule has 1 heterocycles. The maximum Gasteiger partial charge on any atom is 0.422 e. The highest BCUT2D eigenvalue weighted by molar-refractivity contribution is 5.77. The number of hydrogen-bond acceptors (Lipinski definition) is 4. The fraction of sp³-hybridized carbons (Fsp3) is 0.312. The van der Waals surface area contributed by atoms with E-state index in [-0.39, 0.29) is 25.4 Å². The smallest absolute Gasteiger partial charge is 0.422 e. The molecule has 0 fully saturated rings. The van der Waals surface area contributed by atoms with Crippen LogP contribution in [0.4, 0.5) is 18.0 Å². The third-order valence-electron chi connectivity index (χ3n) is 3.18. The molecule has 10 heteroatoms. The molecule has 0 unspecified atom stereocenters. The Morgan fingerprint density at radius 3 is 2.50 bits per heavy atom. The van der Waals surface area contributed by atoms with Crippen molar-refractivity contribution in [1.29, 1.82) is 0 Å². The van der Waals surface area contributed by atoms with Crippen LogP contribution in [0, 0.1) is 0 Å². The molecule has 2 amide bonds. The quantitative estimate of drug-likeness (QED) is 0.782. The zero-order chi connectivity index (χ0) is 19.0. The van der Waals surface area contributed by atoms with Crippen LogP contribution in [-0.2, 0) is 16.1 Å². The zero-order valence-corrected chi connectivity index (χ0v) is 13.6. The summed E-state index contributed by atoms with van der Waals surface area (Å²) >= 11 is 0. The fourth-order valence-corrected chi connectivity index (χ4v) is 1.95. The van der Waals surface area contributed by atoms with Crippen LogP contribution >= 0.6 is 0 Å². The molecule has 0 saturated carbocycles. The molecule has 2 N–H and O–H groups in total. The summed E-state index contributed by atoms with van der Waals surface area (Å²) in [6, 6.07) is 9.19. The topological polar surface area (TPSA) is 85.3 Å². The van der Waals surface area contributed by atoms with E-state index in [0.29, 0.717) is 0 Å². The number of halogens is 3. The Bertz CT molecular complexity index is 715. The average molecular weight is 370 g/mol. The zero-order valence-electron chi connectivity index (χ0n) is 13.6. The summed E-state index contributed by atoms with van der Waals surface area (Å²) in [6.45, 7) is -1.50. The third kappa shape index (κ3) is 6.83. The molecule has 0 aliphatic heterocycles. The summed E-state index contributed by atoms with van der Waals surface area (Å²) in [5.41, 5.74) is 1.75. The van der Waals surface area contributed by atoms with Gasteiger partial charge in [-0.15, -0.1) is 0 Å². The lowest BCUT2D eigenvalue weighted by Crippen LogP contribution is -2.32. The predicted molar refractivity (Wildman–Crippen MR) is 85.4 cm³/mol. The molecule has 1 aromatic carbocycles. The molecule has 0 bridgehead atoms. The van der Waals surface area contributed by atoms with Gasteiger partial charge in [-0.2, -0.15) is 18.3 Å². The summed E-state index contributed by atoms with van der Waals surface area (Å²) in [7, 11) is 0. The minimum absolute atomic E-state index is 0.0769. The largest absolute Gasteiger partial charge is 0.440 e. The summed E-state index contributed by atoms with van der Waals surface area (Å²) in [5.74, 6) is -0.350. The molecule has 0 aliphatic rings. The van der Waals surface area contributed by atoms with Gasteiger partial charge in [-0.05, 0) is 23.8 Å². The molecule has 140 valence electrons. The van der Waals surface area contributed by atoms with E-state index in [1.807, 2.05) is 30.5 Å². The number of nitrogens with one attached hydrogen (secondary N) is 2. The molecule has 2 rings (SSSR count). The summed E-state index contributed by atoms with van der Waals surface area (Å²) in [6.07, 6.45) is -2.40. The number of nitrogens with zero attached hydrogens (tertiary/aromatic N) is 2. The summed E-state index contributed by atoms with van der Waals surface area (Å²) in [5, 5.41) is 8.83. The lowest BCUT2D eigenvalue weighted by molar-refractivity contribution is -0.160. The predicted octanol–water partition coefficient (Wildman–Crippen LogP) is 2.17. The highest BCUT2D eigenvalue weighted by Gasteiger charge is 2.29. The van der Waals surface area contributed by atoms with Gasteiger partial charge in [0.05, 0.1) is 5.69 Å². The van der Waals surface area contributed by atoms with E-state index < -0.39 is 18.9 Å². The van der Waals surface area contributed by atoms with Gasteiger partial charge in [0, 0.05) is 31.9 Å². The van der Waals surface area contributed by atoms with E-state index in [1.54, 1.807) is 16.9 Å². The number of aromatic nitrogens is 2. The Morgan fingerprint density at radius 1 is 1.15 bits per heavy atom. The minimum Gasteiger partial charge on any atom is -0.440 e. The van der Waals surface area contributed by atoms with Crippen molar-refractivity contribution in [2.24, 2.45) is 0 Å². The average Bonchev–Trinajstić information content (AvgIpc) is 3.13. The van der Waals surface area contributed by atoms with Crippen molar-refractivity contribution in [1.82, 2.24) is 20.4 Å². The highest BCUT2D eigenvalue weighted by atomic mass is 19.4. The van der Waals surface area contributed by atoms with Crippen molar-refractivity contribution >= 4 is 12.0 Å². The van der Waals surface area contributed by atoms with Crippen LogP contribution < -0.4 is 10.6 Å². The number of carbonyl (C=O) groups is 2. The second-order valence-corrected chi connectivity index (χ2v) is 5.26.